The van der Waals surface area contributed by atoms with Gasteiger partial charge in [0.2, 0.25) is 6.41 Å². The van der Waals surface area contributed by atoms with Crippen LogP contribution in [0.25, 0.3) is 22.0 Å². The largest absolute Gasteiger partial charge is 0.392 e. The van der Waals surface area contributed by atoms with Crippen LogP contribution in [0.2, 0.25) is 5.02 Å². The van der Waals surface area contributed by atoms with Crippen molar-refractivity contribution in [2.24, 2.45) is 7.05 Å². The maximum atomic E-state index is 13.5. The molecule has 1 unspecified atom stereocenters. The van der Waals surface area contributed by atoms with Crippen molar-refractivity contribution in [2.45, 2.75) is 59.3 Å². The normalized spacial score (nSPS) is 14.2. The lowest BCUT2D eigenvalue weighted by molar-refractivity contribution is -0.242. The molecule has 1 aliphatic rings. The number of carbonyl (C=O) groups is 1. The van der Waals surface area contributed by atoms with Crippen LogP contribution >= 0.6 is 11.6 Å². The molecule has 1 atom stereocenters. The summed E-state index contributed by atoms with van der Waals surface area (Å²) in [6.45, 7) is 8.51. The highest BCUT2D eigenvalue weighted by Crippen LogP contribution is 2.38. The molecule has 4 heterocycles. The number of halogens is 1. The summed E-state index contributed by atoms with van der Waals surface area (Å²) in [4.78, 5) is 29.0. The van der Waals surface area contributed by atoms with Crippen LogP contribution in [0, 0.1) is 6.92 Å². The zero-order valence-corrected chi connectivity index (χ0v) is 27.8. The molecule has 0 spiro atoms. The molecular weight excluding hydrogens is 618 g/mol. The van der Waals surface area contributed by atoms with Gasteiger partial charge < -0.3 is 30.2 Å². The predicted molar refractivity (Wildman–Crippen MR) is 182 cm³/mol. The third-order valence-corrected chi connectivity index (χ3v) is 8.63. The molecule has 0 aliphatic carbocycles. The molecule has 244 valence electrons. The van der Waals surface area contributed by atoms with E-state index in [1.807, 2.05) is 77.2 Å². The van der Waals surface area contributed by atoms with Crippen molar-refractivity contribution in [3.8, 4) is 11.1 Å². The van der Waals surface area contributed by atoms with Crippen LogP contribution < -0.4 is 10.6 Å². The SMILES string of the molecule is Cc1c(Nc2nccc3cc(CO)cnc23)cccc1-c1cccc(NC(=O)c2nc3c(n2C)CCN(C(O)OC(C)(C)C)C3)c1Cl. The Bertz CT molecular complexity index is 1970. The van der Waals surface area contributed by atoms with Gasteiger partial charge in [0.05, 0.1) is 28.6 Å². The summed E-state index contributed by atoms with van der Waals surface area (Å²) in [5, 5.41) is 27.7. The molecule has 12 heteroatoms. The number of aliphatic hydroxyl groups excluding tert-OH is 2. The molecule has 47 heavy (non-hydrogen) atoms. The lowest BCUT2D eigenvalue weighted by Gasteiger charge is -2.34. The van der Waals surface area contributed by atoms with Gasteiger partial charge in [-0.3, -0.25) is 9.78 Å². The summed E-state index contributed by atoms with van der Waals surface area (Å²) in [6, 6.07) is 15.1. The molecule has 0 fully saturated rings. The molecule has 0 bridgehead atoms. The zero-order chi connectivity index (χ0) is 33.5. The van der Waals surface area contributed by atoms with Crippen molar-refractivity contribution in [3.63, 3.8) is 0 Å². The molecule has 0 radical (unpaired) electrons. The second-order valence-electron chi connectivity index (χ2n) is 12.6. The minimum absolute atomic E-state index is 0.0866. The Kier molecular flexibility index (Phi) is 9.01. The minimum atomic E-state index is -1.07. The van der Waals surface area contributed by atoms with Gasteiger partial charge >= 0.3 is 0 Å². The number of fused-ring (bicyclic) bond motifs is 2. The van der Waals surface area contributed by atoms with Gasteiger partial charge in [0.25, 0.3) is 5.91 Å². The van der Waals surface area contributed by atoms with Crippen LogP contribution in [0.1, 0.15) is 53.9 Å². The number of aliphatic hydroxyl groups is 2. The lowest BCUT2D eigenvalue weighted by Crippen LogP contribution is -2.44. The van der Waals surface area contributed by atoms with Gasteiger partial charge in [-0.05, 0) is 68.7 Å². The summed E-state index contributed by atoms with van der Waals surface area (Å²) in [5.74, 6) is 0.468. The van der Waals surface area contributed by atoms with E-state index in [9.17, 15) is 15.0 Å². The molecule has 5 aromatic rings. The molecule has 2 aromatic carbocycles. The average molecular weight is 656 g/mol. The van der Waals surface area contributed by atoms with E-state index in [1.165, 1.54) is 0 Å². The van der Waals surface area contributed by atoms with Crippen LogP contribution in [-0.2, 0) is 31.4 Å². The van der Waals surface area contributed by atoms with Crippen LogP contribution in [0.15, 0.2) is 60.9 Å². The van der Waals surface area contributed by atoms with Crippen molar-refractivity contribution < 1.29 is 19.7 Å². The number of nitrogens with one attached hydrogen (secondary N) is 2. The minimum Gasteiger partial charge on any atom is -0.392 e. The Morgan fingerprint density at radius 1 is 1.11 bits per heavy atom. The maximum Gasteiger partial charge on any atom is 0.291 e. The fourth-order valence-corrected chi connectivity index (χ4v) is 6.09. The Hall–Kier alpha value is -4.39. The maximum absolute atomic E-state index is 13.5. The third kappa shape index (κ3) is 6.71. The number of pyridine rings is 2. The Morgan fingerprint density at radius 3 is 2.60 bits per heavy atom. The van der Waals surface area contributed by atoms with Crippen LogP contribution in [0.4, 0.5) is 17.2 Å². The van der Waals surface area contributed by atoms with Crippen LogP contribution in [0.3, 0.4) is 0 Å². The molecule has 0 saturated heterocycles. The summed E-state index contributed by atoms with van der Waals surface area (Å²) >= 11 is 6.96. The highest BCUT2D eigenvalue weighted by molar-refractivity contribution is 6.36. The number of imidazole rings is 1. The van der Waals surface area contributed by atoms with E-state index in [1.54, 1.807) is 27.9 Å². The van der Waals surface area contributed by atoms with Gasteiger partial charge in [-0.2, -0.15) is 0 Å². The van der Waals surface area contributed by atoms with E-state index in [-0.39, 0.29) is 18.3 Å². The van der Waals surface area contributed by atoms with Gasteiger partial charge in [-0.25, -0.2) is 14.9 Å². The predicted octanol–water partition coefficient (Wildman–Crippen LogP) is 5.93. The third-order valence-electron chi connectivity index (χ3n) is 8.22. The zero-order valence-electron chi connectivity index (χ0n) is 27.0. The second kappa shape index (κ2) is 13.0. The number of rotatable bonds is 8. The van der Waals surface area contributed by atoms with Crippen molar-refractivity contribution >= 4 is 45.6 Å². The number of nitrogens with zero attached hydrogens (tertiary/aromatic N) is 5. The van der Waals surface area contributed by atoms with Crippen molar-refractivity contribution in [1.82, 2.24) is 24.4 Å². The number of benzene rings is 2. The van der Waals surface area contributed by atoms with Gasteiger partial charge in [-0.15, -0.1) is 0 Å². The number of hydrogen-bond donors (Lipinski definition) is 4. The lowest BCUT2D eigenvalue weighted by atomic mass is 9.98. The highest BCUT2D eigenvalue weighted by atomic mass is 35.5. The second-order valence-corrected chi connectivity index (χ2v) is 13.0. The summed E-state index contributed by atoms with van der Waals surface area (Å²) < 4.78 is 7.52. The molecule has 4 N–H and O–H groups in total. The molecule has 0 saturated carbocycles. The van der Waals surface area contributed by atoms with E-state index >= 15 is 0 Å². The summed E-state index contributed by atoms with van der Waals surface area (Å²) in [7, 11) is 1.82. The van der Waals surface area contributed by atoms with Gasteiger partial charge in [-0.1, -0.05) is 35.9 Å². The summed E-state index contributed by atoms with van der Waals surface area (Å²) in [5.41, 5.74) is 6.44. The van der Waals surface area contributed by atoms with Crippen molar-refractivity contribution in [1.29, 1.82) is 0 Å². The van der Waals surface area contributed by atoms with Gasteiger partial charge in [0.15, 0.2) is 11.6 Å². The van der Waals surface area contributed by atoms with Crippen molar-refractivity contribution in [2.75, 3.05) is 17.2 Å². The van der Waals surface area contributed by atoms with Gasteiger partial charge in [0.1, 0.15) is 5.52 Å². The topological polar surface area (TPSA) is 138 Å². The fourth-order valence-electron chi connectivity index (χ4n) is 5.82. The first-order valence-corrected chi connectivity index (χ1v) is 15.8. The molecule has 6 rings (SSSR count). The smallest absolute Gasteiger partial charge is 0.291 e. The van der Waals surface area contributed by atoms with E-state index < -0.39 is 12.0 Å². The number of aromatic nitrogens is 4. The van der Waals surface area contributed by atoms with E-state index in [0.29, 0.717) is 41.6 Å². The van der Waals surface area contributed by atoms with Crippen LogP contribution in [-0.4, -0.2) is 59.1 Å². The molecule has 1 amide bonds. The molecule has 11 nitrogen and oxygen atoms in total. The van der Waals surface area contributed by atoms with E-state index in [4.69, 9.17) is 16.3 Å². The Balaban J connectivity index is 1.23. The van der Waals surface area contributed by atoms with Crippen molar-refractivity contribution in [3.05, 3.63) is 94.3 Å². The van der Waals surface area contributed by atoms with Gasteiger partial charge in [0, 0.05) is 61.3 Å². The number of amides is 1. The number of carbonyl (C=O) groups excluding carboxylic acids is 1. The number of hydrogen-bond acceptors (Lipinski definition) is 9. The standard InChI is InChI=1S/C35H38ClN7O4/c1-20-23(8-6-10-25(20)39-31-30-22(12-14-37-31)16-21(19-44)17-38-30)24-9-7-11-26(29(24)36)41-33(45)32-40-27-18-43(15-13-28(27)42(32)5)34(46)47-35(2,3)4/h6-12,14,16-17,34,44,46H,13,15,18-19H2,1-5H3,(H,37,39)(H,41,45). The van der Waals surface area contributed by atoms with Crippen LogP contribution in [0.5, 0.6) is 0 Å². The molecule has 1 aliphatic heterocycles. The average Bonchev–Trinajstić information content (AvgIpc) is 3.38. The molecular formula is C35H38ClN7O4. The Labute approximate surface area is 278 Å². The first kappa shape index (κ1) is 32.5. The fraction of sp³-hybridized carbons (Fsp3) is 0.314. The summed E-state index contributed by atoms with van der Waals surface area (Å²) in [6.07, 6.45) is 2.89. The first-order valence-electron chi connectivity index (χ1n) is 15.4. The number of ether oxygens (including phenoxy) is 1. The monoisotopic (exact) mass is 655 g/mol. The number of anilines is 3. The highest BCUT2D eigenvalue weighted by Gasteiger charge is 2.30. The first-order chi connectivity index (χ1) is 22.4. The molecule has 3 aromatic heterocycles. The van der Waals surface area contributed by atoms with E-state index in [0.717, 1.165) is 44.7 Å². The Morgan fingerprint density at radius 2 is 1.85 bits per heavy atom. The van der Waals surface area contributed by atoms with E-state index in [2.05, 4.69) is 25.6 Å². The quantitative estimate of drug-likeness (QED) is 0.150.